The van der Waals surface area contributed by atoms with Crippen LogP contribution < -0.4 is 0 Å². The van der Waals surface area contributed by atoms with Gasteiger partial charge < -0.3 is 0 Å². The van der Waals surface area contributed by atoms with Gasteiger partial charge in [0.1, 0.15) is 0 Å². The maximum absolute atomic E-state index is 4.12. The van der Waals surface area contributed by atoms with E-state index < -0.39 is 0 Å². The molecule has 0 saturated heterocycles. The quantitative estimate of drug-likeness (QED) is 0.223. The SMILES string of the molecule is C=CCC(C)C(CCCCCC(C)CC(C)(C)CC)CC(=C)C. The van der Waals surface area contributed by atoms with Crippen molar-refractivity contribution in [2.75, 3.05) is 0 Å². The van der Waals surface area contributed by atoms with E-state index in [1.54, 1.807) is 0 Å². The largest absolute Gasteiger partial charge is 0.103 e. The summed E-state index contributed by atoms with van der Waals surface area (Å²) in [6, 6.07) is 0. The van der Waals surface area contributed by atoms with Gasteiger partial charge in [0.2, 0.25) is 0 Å². The van der Waals surface area contributed by atoms with Crippen molar-refractivity contribution in [2.24, 2.45) is 23.2 Å². The summed E-state index contributed by atoms with van der Waals surface area (Å²) >= 11 is 0. The van der Waals surface area contributed by atoms with E-state index in [1.807, 2.05) is 0 Å². The normalized spacial score (nSPS) is 15.9. The zero-order valence-electron chi connectivity index (χ0n) is 17.1. The molecule has 0 fully saturated rings. The van der Waals surface area contributed by atoms with Gasteiger partial charge in [-0.15, -0.1) is 13.2 Å². The Morgan fingerprint density at radius 2 is 1.70 bits per heavy atom. The molecule has 3 unspecified atom stereocenters. The lowest BCUT2D eigenvalue weighted by Crippen LogP contribution is -2.14. The molecule has 0 aromatic rings. The highest BCUT2D eigenvalue weighted by atomic mass is 14.2. The van der Waals surface area contributed by atoms with Gasteiger partial charge in [-0.2, -0.15) is 0 Å². The molecule has 0 radical (unpaired) electrons. The van der Waals surface area contributed by atoms with Crippen molar-refractivity contribution < 1.29 is 0 Å². The van der Waals surface area contributed by atoms with Gasteiger partial charge in [-0.25, -0.2) is 0 Å². The lowest BCUT2D eigenvalue weighted by atomic mass is 9.79. The van der Waals surface area contributed by atoms with Crippen LogP contribution in [0.4, 0.5) is 0 Å². The Bertz CT molecular complexity index is 323. The van der Waals surface area contributed by atoms with Gasteiger partial charge >= 0.3 is 0 Å². The van der Waals surface area contributed by atoms with Crippen LogP contribution in [0.25, 0.3) is 0 Å². The minimum Gasteiger partial charge on any atom is -0.103 e. The highest BCUT2D eigenvalue weighted by molar-refractivity contribution is 4.92. The number of hydrogen-bond acceptors (Lipinski definition) is 0. The van der Waals surface area contributed by atoms with Crippen LogP contribution in [0, 0.1) is 23.2 Å². The Labute approximate surface area is 147 Å². The molecule has 0 aliphatic heterocycles. The molecule has 3 atom stereocenters. The van der Waals surface area contributed by atoms with Crippen molar-refractivity contribution in [1.82, 2.24) is 0 Å². The van der Waals surface area contributed by atoms with Gasteiger partial charge in [0.05, 0.1) is 0 Å². The molecule has 0 aliphatic carbocycles. The number of hydrogen-bond donors (Lipinski definition) is 0. The predicted molar refractivity (Wildman–Crippen MR) is 108 cm³/mol. The summed E-state index contributed by atoms with van der Waals surface area (Å²) in [6.45, 7) is 22.2. The fourth-order valence-electron chi connectivity index (χ4n) is 3.76. The summed E-state index contributed by atoms with van der Waals surface area (Å²) in [5, 5.41) is 0. The molecule has 0 aromatic heterocycles. The lowest BCUT2D eigenvalue weighted by Gasteiger charge is -2.26. The molecular formula is C23H44. The van der Waals surface area contributed by atoms with E-state index in [9.17, 15) is 0 Å². The second-order valence-electron chi connectivity index (χ2n) is 8.89. The van der Waals surface area contributed by atoms with Gasteiger partial charge in [-0.3, -0.25) is 0 Å². The Kier molecular flexibility index (Phi) is 11.7. The first-order valence-corrected chi connectivity index (χ1v) is 9.97. The van der Waals surface area contributed by atoms with Gasteiger partial charge in [0.25, 0.3) is 0 Å². The minimum absolute atomic E-state index is 0.520. The third-order valence-corrected chi connectivity index (χ3v) is 5.58. The zero-order valence-corrected chi connectivity index (χ0v) is 17.1. The molecule has 0 bridgehead atoms. The average Bonchev–Trinajstić information content (AvgIpc) is 2.45. The monoisotopic (exact) mass is 320 g/mol. The second kappa shape index (κ2) is 11.9. The van der Waals surface area contributed by atoms with Crippen LogP contribution in [0.2, 0.25) is 0 Å². The first-order valence-electron chi connectivity index (χ1n) is 9.97. The average molecular weight is 321 g/mol. The molecule has 0 spiro atoms. The molecule has 23 heavy (non-hydrogen) atoms. The van der Waals surface area contributed by atoms with Gasteiger partial charge in [-0.1, -0.05) is 78.4 Å². The fraction of sp³-hybridized carbons (Fsp3) is 0.826. The molecule has 0 saturated carbocycles. The third kappa shape index (κ3) is 11.6. The second-order valence-corrected chi connectivity index (χ2v) is 8.89. The van der Waals surface area contributed by atoms with Crippen molar-refractivity contribution in [1.29, 1.82) is 0 Å². The molecule has 0 aliphatic rings. The molecule has 0 heterocycles. The topological polar surface area (TPSA) is 0 Å². The molecule has 0 heteroatoms. The molecule has 0 aromatic carbocycles. The van der Waals surface area contributed by atoms with E-state index in [2.05, 4.69) is 60.8 Å². The summed E-state index contributed by atoms with van der Waals surface area (Å²) in [7, 11) is 0. The maximum Gasteiger partial charge on any atom is -0.0295 e. The summed E-state index contributed by atoms with van der Waals surface area (Å²) in [5.41, 5.74) is 1.85. The highest BCUT2D eigenvalue weighted by Gasteiger charge is 2.19. The first-order chi connectivity index (χ1) is 10.7. The summed E-state index contributed by atoms with van der Waals surface area (Å²) < 4.78 is 0. The Balaban J connectivity index is 4.01. The van der Waals surface area contributed by atoms with E-state index in [4.69, 9.17) is 0 Å². The van der Waals surface area contributed by atoms with Gasteiger partial charge in [0.15, 0.2) is 0 Å². The van der Waals surface area contributed by atoms with Crippen molar-refractivity contribution in [2.45, 2.75) is 99.3 Å². The number of rotatable bonds is 14. The van der Waals surface area contributed by atoms with Crippen LogP contribution in [0.1, 0.15) is 99.3 Å². The summed E-state index contributed by atoms with van der Waals surface area (Å²) in [6.07, 6.45) is 14.0. The molecule has 136 valence electrons. The minimum atomic E-state index is 0.520. The third-order valence-electron chi connectivity index (χ3n) is 5.58. The van der Waals surface area contributed by atoms with Crippen LogP contribution in [-0.4, -0.2) is 0 Å². The number of allylic oxidation sites excluding steroid dienone is 2. The molecule has 0 nitrogen and oxygen atoms in total. The van der Waals surface area contributed by atoms with E-state index in [1.165, 1.54) is 56.9 Å². The molecular weight excluding hydrogens is 276 g/mol. The predicted octanol–water partition coefficient (Wildman–Crippen LogP) is 8.19. The Morgan fingerprint density at radius 1 is 1.09 bits per heavy atom. The van der Waals surface area contributed by atoms with Gasteiger partial charge in [0, 0.05) is 0 Å². The molecule has 0 rings (SSSR count). The van der Waals surface area contributed by atoms with Crippen LogP contribution in [0.5, 0.6) is 0 Å². The van der Waals surface area contributed by atoms with E-state index in [0.29, 0.717) is 5.41 Å². The highest BCUT2D eigenvalue weighted by Crippen LogP contribution is 2.32. The lowest BCUT2D eigenvalue weighted by molar-refractivity contribution is 0.254. The van der Waals surface area contributed by atoms with Crippen molar-refractivity contribution in [3.05, 3.63) is 24.8 Å². The fourth-order valence-corrected chi connectivity index (χ4v) is 3.76. The van der Waals surface area contributed by atoms with E-state index in [0.717, 1.165) is 24.2 Å². The van der Waals surface area contributed by atoms with Crippen molar-refractivity contribution in [3.8, 4) is 0 Å². The van der Waals surface area contributed by atoms with Crippen LogP contribution in [0.15, 0.2) is 24.8 Å². The zero-order chi connectivity index (χ0) is 17.9. The number of unbranched alkanes of at least 4 members (excludes halogenated alkanes) is 2. The van der Waals surface area contributed by atoms with Crippen LogP contribution in [0.3, 0.4) is 0 Å². The Morgan fingerprint density at radius 3 is 2.22 bits per heavy atom. The van der Waals surface area contributed by atoms with E-state index in [-0.39, 0.29) is 0 Å². The molecule has 0 N–H and O–H groups in total. The van der Waals surface area contributed by atoms with E-state index >= 15 is 0 Å². The van der Waals surface area contributed by atoms with Crippen LogP contribution >= 0.6 is 0 Å². The summed E-state index contributed by atoms with van der Waals surface area (Å²) in [5.74, 6) is 2.41. The molecule has 0 amide bonds. The first kappa shape index (κ1) is 22.5. The summed E-state index contributed by atoms with van der Waals surface area (Å²) in [4.78, 5) is 0. The smallest absolute Gasteiger partial charge is 0.0295 e. The van der Waals surface area contributed by atoms with Crippen LogP contribution in [-0.2, 0) is 0 Å². The van der Waals surface area contributed by atoms with Gasteiger partial charge in [-0.05, 0) is 55.8 Å². The maximum atomic E-state index is 4.12. The standard InChI is InChI=1S/C23H44/c1-9-14-21(6)22(17-19(3)4)16-13-11-12-15-20(5)18-23(7,8)10-2/h9,20-22H,1,3,10-18H2,2,4-8H3. The Hall–Kier alpha value is -0.520. The van der Waals surface area contributed by atoms with Crippen molar-refractivity contribution in [3.63, 3.8) is 0 Å². The van der Waals surface area contributed by atoms with Crippen molar-refractivity contribution >= 4 is 0 Å².